The highest BCUT2D eigenvalue weighted by atomic mass is 16.6. The summed E-state index contributed by atoms with van der Waals surface area (Å²) in [5.41, 5.74) is 1.08. The summed E-state index contributed by atoms with van der Waals surface area (Å²) in [5, 5.41) is 0. The number of carbonyl (C=O) groups is 3. The third-order valence-corrected chi connectivity index (χ3v) is 6.67. The number of fused-ring (bicyclic) bond motifs is 1. The molecule has 1 aliphatic heterocycles. The van der Waals surface area contributed by atoms with Gasteiger partial charge in [0.2, 0.25) is 0 Å². The SMILES string of the molecule is CCOC(=O)COc1cccc2c1CC(CC(C)C)(C(=O)OC)N2C(=O)c1ccc(C(C)(C)C)c(OC)c1. The van der Waals surface area contributed by atoms with Crippen molar-refractivity contribution in [3.63, 3.8) is 0 Å². The predicted octanol–water partition coefficient (Wildman–Crippen LogP) is 5.10. The number of benzene rings is 2. The number of esters is 2. The molecular weight excluding hydrogens is 486 g/mol. The molecule has 0 saturated carbocycles. The van der Waals surface area contributed by atoms with Crippen LogP contribution in [0.5, 0.6) is 11.5 Å². The Kier molecular flexibility index (Phi) is 8.75. The van der Waals surface area contributed by atoms with E-state index in [-0.39, 0.29) is 36.9 Å². The number of amides is 1. The fourth-order valence-electron chi connectivity index (χ4n) is 5.17. The molecule has 8 heteroatoms. The van der Waals surface area contributed by atoms with Crippen LogP contribution in [-0.4, -0.2) is 50.8 Å². The van der Waals surface area contributed by atoms with Crippen LogP contribution in [0.3, 0.4) is 0 Å². The van der Waals surface area contributed by atoms with Gasteiger partial charge in [0, 0.05) is 17.5 Å². The van der Waals surface area contributed by atoms with E-state index in [0.29, 0.717) is 34.7 Å². The van der Waals surface area contributed by atoms with Gasteiger partial charge in [0.25, 0.3) is 5.91 Å². The number of hydrogen-bond donors (Lipinski definition) is 0. The molecule has 8 nitrogen and oxygen atoms in total. The summed E-state index contributed by atoms with van der Waals surface area (Å²) in [6.07, 6.45) is 0.559. The van der Waals surface area contributed by atoms with E-state index < -0.39 is 17.5 Å². The molecule has 0 aromatic heterocycles. The van der Waals surface area contributed by atoms with E-state index in [0.717, 1.165) is 5.56 Å². The quantitative estimate of drug-likeness (QED) is 0.421. The lowest BCUT2D eigenvalue weighted by Gasteiger charge is -2.37. The molecule has 1 aliphatic rings. The van der Waals surface area contributed by atoms with E-state index in [1.807, 2.05) is 19.9 Å². The average Bonchev–Trinajstić information content (AvgIpc) is 3.20. The van der Waals surface area contributed by atoms with Crippen LogP contribution in [-0.2, 0) is 30.9 Å². The number of nitrogens with zero attached hydrogens (tertiary/aromatic N) is 1. The molecule has 0 spiro atoms. The van der Waals surface area contributed by atoms with Gasteiger partial charge >= 0.3 is 11.9 Å². The third-order valence-electron chi connectivity index (χ3n) is 6.67. The number of anilines is 1. The van der Waals surface area contributed by atoms with Gasteiger partial charge in [-0.25, -0.2) is 9.59 Å². The molecule has 0 bridgehead atoms. The van der Waals surface area contributed by atoms with Crippen LogP contribution < -0.4 is 14.4 Å². The van der Waals surface area contributed by atoms with Gasteiger partial charge in [-0.15, -0.1) is 0 Å². The van der Waals surface area contributed by atoms with E-state index in [9.17, 15) is 14.4 Å². The van der Waals surface area contributed by atoms with Gasteiger partial charge in [-0.3, -0.25) is 9.69 Å². The summed E-state index contributed by atoms with van der Waals surface area (Å²) < 4.78 is 21.7. The molecule has 1 atom stereocenters. The molecule has 1 heterocycles. The molecule has 3 rings (SSSR count). The standard InChI is InChI=1S/C30H39NO7/c1-9-37-26(32)18-38-24-12-10-11-23-21(24)17-30(16-19(2)3,28(34)36-8)31(23)27(33)20-13-14-22(29(4,5)6)25(15-20)35-7/h10-15,19H,9,16-18H2,1-8H3. The Bertz CT molecular complexity index is 1200. The minimum absolute atomic E-state index is 0.0698. The molecule has 0 saturated heterocycles. The maximum atomic E-state index is 14.3. The Morgan fingerprint density at radius 3 is 2.34 bits per heavy atom. The molecule has 0 N–H and O–H groups in total. The van der Waals surface area contributed by atoms with Gasteiger partial charge in [0.05, 0.1) is 26.5 Å². The highest BCUT2D eigenvalue weighted by molar-refractivity contribution is 6.13. The molecular formula is C30H39NO7. The zero-order valence-corrected chi connectivity index (χ0v) is 23.7. The maximum absolute atomic E-state index is 14.3. The number of carbonyl (C=O) groups excluding carboxylic acids is 3. The van der Waals surface area contributed by atoms with E-state index in [4.69, 9.17) is 18.9 Å². The number of methoxy groups -OCH3 is 2. The van der Waals surface area contributed by atoms with Crippen LogP contribution in [0.25, 0.3) is 0 Å². The Morgan fingerprint density at radius 2 is 1.76 bits per heavy atom. The van der Waals surface area contributed by atoms with Crippen LogP contribution in [0.15, 0.2) is 36.4 Å². The summed E-state index contributed by atoms with van der Waals surface area (Å²) in [6.45, 7) is 11.9. The number of hydrogen-bond acceptors (Lipinski definition) is 7. The first-order chi connectivity index (χ1) is 17.9. The summed E-state index contributed by atoms with van der Waals surface area (Å²) in [7, 11) is 2.91. The lowest BCUT2D eigenvalue weighted by molar-refractivity contribution is -0.147. The monoisotopic (exact) mass is 525 g/mol. The minimum atomic E-state index is -1.29. The highest BCUT2D eigenvalue weighted by Gasteiger charge is 2.54. The smallest absolute Gasteiger partial charge is 0.344 e. The van der Waals surface area contributed by atoms with Crippen molar-refractivity contribution in [2.24, 2.45) is 5.92 Å². The van der Waals surface area contributed by atoms with Gasteiger partial charge in [-0.2, -0.15) is 0 Å². The second-order valence-corrected chi connectivity index (χ2v) is 11.0. The van der Waals surface area contributed by atoms with Crippen molar-refractivity contribution < 1.29 is 33.3 Å². The van der Waals surface area contributed by atoms with Crippen LogP contribution in [0.2, 0.25) is 0 Å². The molecule has 0 aliphatic carbocycles. The van der Waals surface area contributed by atoms with E-state index in [1.54, 1.807) is 44.4 Å². The minimum Gasteiger partial charge on any atom is -0.496 e. The second-order valence-electron chi connectivity index (χ2n) is 11.0. The number of ether oxygens (including phenoxy) is 4. The van der Waals surface area contributed by atoms with Crippen LogP contribution in [0, 0.1) is 5.92 Å². The summed E-state index contributed by atoms with van der Waals surface area (Å²) in [6, 6.07) is 10.6. The topological polar surface area (TPSA) is 91.4 Å². The summed E-state index contributed by atoms with van der Waals surface area (Å²) >= 11 is 0. The predicted molar refractivity (Wildman–Crippen MR) is 145 cm³/mol. The first kappa shape index (κ1) is 29.0. The highest BCUT2D eigenvalue weighted by Crippen LogP contribution is 2.47. The Labute approximate surface area is 225 Å². The zero-order chi connectivity index (χ0) is 28.3. The Hall–Kier alpha value is -3.55. The molecule has 38 heavy (non-hydrogen) atoms. The fraction of sp³-hybridized carbons (Fsp3) is 0.500. The molecule has 0 radical (unpaired) electrons. The molecule has 2 aromatic carbocycles. The average molecular weight is 526 g/mol. The molecule has 0 fully saturated rings. The molecule has 206 valence electrons. The van der Waals surface area contributed by atoms with Crippen molar-refractivity contribution in [1.82, 2.24) is 0 Å². The first-order valence-electron chi connectivity index (χ1n) is 12.9. The molecule has 1 unspecified atom stereocenters. The van der Waals surface area contributed by atoms with E-state index in [1.165, 1.54) is 12.0 Å². The Balaban J connectivity index is 2.16. The summed E-state index contributed by atoms with van der Waals surface area (Å²) in [5.74, 6) is -0.268. The zero-order valence-electron chi connectivity index (χ0n) is 23.7. The van der Waals surface area contributed by atoms with Gasteiger partial charge in [0.15, 0.2) is 6.61 Å². The maximum Gasteiger partial charge on any atom is 0.344 e. The van der Waals surface area contributed by atoms with Crippen molar-refractivity contribution in [2.75, 3.05) is 32.3 Å². The summed E-state index contributed by atoms with van der Waals surface area (Å²) in [4.78, 5) is 41.3. The van der Waals surface area contributed by atoms with Crippen LogP contribution in [0.4, 0.5) is 5.69 Å². The first-order valence-corrected chi connectivity index (χ1v) is 12.9. The van der Waals surface area contributed by atoms with E-state index >= 15 is 0 Å². The van der Waals surface area contributed by atoms with Crippen LogP contribution in [0.1, 0.15) is 69.4 Å². The van der Waals surface area contributed by atoms with Crippen LogP contribution >= 0.6 is 0 Å². The van der Waals surface area contributed by atoms with Gasteiger partial charge in [0.1, 0.15) is 17.0 Å². The molecule has 2 aromatic rings. The van der Waals surface area contributed by atoms with Crippen molar-refractivity contribution in [3.05, 3.63) is 53.1 Å². The lowest BCUT2D eigenvalue weighted by Crippen LogP contribution is -2.57. The van der Waals surface area contributed by atoms with Gasteiger partial charge in [-0.1, -0.05) is 46.8 Å². The fourth-order valence-corrected chi connectivity index (χ4v) is 5.17. The van der Waals surface area contributed by atoms with Crippen molar-refractivity contribution in [1.29, 1.82) is 0 Å². The normalized spacial score (nSPS) is 16.7. The molecule has 1 amide bonds. The third kappa shape index (κ3) is 5.64. The lowest BCUT2D eigenvalue weighted by atomic mass is 9.84. The second kappa shape index (κ2) is 11.5. The largest absolute Gasteiger partial charge is 0.496 e. The van der Waals surface area contributed by atoms with E-state index in [2.05, 4.69) is 20.8 Å². The van der Waals surface area contributed by atoms with Crippen molar-refractivity contribution >= 4 is 23.5 Å². The Morgan fingerprint density at radius 1 is 1.05 bits per heavy atom. The van der Waals surface area contributed by atoms with Gasteiger partial charge in [-0.05, 0) is 54.5 Å². The number of rotatable bonds is 9. The van der Waals surface area contributed by atoms with Crippen molar-refractivity contribution in [3.8, 4) is 11.5 Å². The van der Waals surface area contributed by atoms with Gasteiger partial charge < -0.3 is 18.9 Å². The van der Waals surface area contributed by atoms with Crippen molar-refractivity contribution in [2.45, 2.75) is 65.3 Å².